The number of aromatic nitrogens is 1. The summed E-state index contributed by atoms with van der Waals surface area (Å²) in [6.45, 7) is 5.37. The van der Waals surface area contributed by atoms with Crippen LogP contribution in [0.25, 0.3) is 16.5 Å². The highest BCUT2D eigenvalue weighted by Gasteiger charge is 2.16. The van der Waals surface area contributed by atoms with Gasteiger partial charge in [-0.1, -0.05) is 6.08 Å². The minimum Gasteiger partial charge on any atom is -0.497 e. The third-order valence-electron chi connectivity index (χ3n) is 4.94. The lowest BCUT2D eigenvalue weighted by atomic mass is 9.98. The molecular formula is C21H28N2O3. The van der Waals surface area contributed by atoms with Crippen molar-refractivity contribution in [2.45, 2.75) is 32.6 Å². The highest BCUT2D eigenvalue weighted by molar-refractivity contribution is 5.93. The molecule has 0 aliphatic carbocycles. The lowest BCUT2D eigenvalue weighted by molar-refractivity contribution is -0.143. The minimum absolute atomic E-state index is 0.0805. The zero-order valence-electron chi connectivity index (χ0n) is 15.7. The monoisotopic (exact) mass is 356 g/mol. The van der Waals surface area contributed by atoms with Gasteiger partial charge in [0, 0.05) is 42.2 Å². The van der Waals surface area contributed by atoms with Gasteiger partial charge in [-0.05, 0) is 56.5 Å². The molecule has 0 amide bonds. The van der Waals surface area contributed by atoms with Crippen LogP contribution in [0.15, 0.2) is 30.5 Å². The third kappa shape index (κ3) is 4.47. The van der Waals surface area contributed by atoms with Crippen LogP contribution in [0.4, 0.5) is 0 Å². The van der Waals surface area contributed by atoms with Crippen LogP contribution in [0.1, 0.15) is 38.2 Å². The van der Waals surface area contributed by atoms with Gasteiger partial charge in [-0.15, -0.1) is 0 Å². The van der Waals surface area contributed by atoms with Crippen molar-refractivity contribution in [2.75, 3.05) is 33.4 Å². The highest BCUT2D eigenvalue weighted by atomic mass is 16.5. The Balaban J connectivity index is 1.54. The predicted octanol–water partition coefficient (Wildman–Crippen LogP) is 4.00. The molecule has 2 aromatic rings. The smallest absolute Gasteiger partial charge is 0.305 e. The molecule has 5 heteroatoms. The third-order valence-corrected chi connectivity index (χ3v) is 4.94. The van der Waals surface area contributed by atoms with Crippen molar-refractivity contribution < 1.29 is 14.3 Å². The maximum atomic E-state index is 11.4. The van der Waals surface area contributed by atoms with Crippen LogP contribution in [0.2, 0.25) is 0 Å². The van der Waals surface area contributed by atoms with Crippen LogP contribution in [-0.4, -0.2) is 49.2 Å². The number of carbonyl (C=O) groups is 1. The van der Waals surface area contributed by atoms with E-state index in [1.54, 1.807) is 7.11 Å². The Morgan fingerprint density at radius 3 is 2.92 bits per heavy atom. The number of esters is 1. The van der Waals surface area contributed by atoms with Crippen LogP contribution < -0.4 is 4.74 Å². The van der Waals surface area contributed by atoms with Gasteiger partial charge in [0.05, 0.1) is 13.7 Å². The summed E-state index contributed by atoms with van der Waals surface area (Å²) in [5.41, 5.74) is 3.82. The first-order valence-corrected chi connectivity index (χ1v) is 9.43. The van der Waals surface area contributed by atoms with Crippen molar-refractivity contribution in [3.8, 4) is 5.75 Å². The number of hydrogen-bond acceptors (Lipinski definition) is 4. The van der Waals surface area contributed by atoms with Crippen molar-refractivity contribution in [3.05, 3.63) is 36.0 Å². The Kier molecular flexibility index (Phi) is 6.34. The van der Waals surface area contributed by atoms with Gasteiger partial charge in [0.25, 0.3) is 0 Å². The number of benzene rings is 1. The second kappa shape index (κ2) is 8.90. The van der Waals surface area contributed by atoms with E-state index < -0.39 is 0 Å². The minimum atomic E-state index is -0.0805. The van der Waals surface area contributed by atoms with Crippen LogP contribution >= 0.6 is 0 Å². The molecule has 0 saturated carbocycles. The fourth-order valence-corrected chi connectivity index (χ4v) is 3.49. The van der Waals surface area contributed by atoms with Gasteiger partial charge in [0.15, 0.2) is 0 Å². The molecule has 0 saturated heterocycles. The molecular weight excluding hydrogens is 328 g/mol. The van der Waals surface area contributed by atoms with E-state index >= 15 is 0 Å². The van der Waals surface area contributed by atoms with E-state index in [0.29, 0.717) is 13.0 Å². The van der Waals surface area contributed by atoms with Crippen molar-refractivity contribution in [2.24, 2.45) is 0 Å². The van der Waals surface area contributed by atoms with Gasteiger partial charge in [0.2, 0.25) is 0 Å². The topological polar surface area (TPSA) is 54.6 Å². The normalized spacial score (nSPS) is 15.1. The number of unbranched alkanes of at least 4 members (excludes halogenated alkanes) is 1. The average Bonchev–Trinajstić information content (AvgIpc) is 3.09. The largest absolute Gasteiger partial charge is 0.497 e. The number of methoxy groups -OCH3 is 1. The molecule has 3 rings (SSSR count). The number of ether oxygens (including phenoxy) is 2. The van der Waals surface area contributed by atoms with Gasteiger partial charge >= 0.3 is 5.97 Å². The molecule has 140 valence electrons. The van der Waals surface area contributed by atoms with E-state index in [1.165, 1.54) is 16.5 Å². The molecule has 26 heavy (non-hydrogen) atoms. The van der Waals surface area contributed by atoms with Crippen LogP contribution in [-0.2, 0) is 9.53 Å². The summed E-state index contributed by atoms with van der Waals surface area (Å²) in [4.78, 5) is 17.2. The number of nitrogens with zero attached hydrogens (tertiary/aromatic N) is 1. The molecule has 2 heterocycles. The molecule has 0 atom stereocenters. The number of hydrogen-bond donors (Lipinski definition) is 1. The van der Waals surface area contributed by atoms with Gasteiger partial charge in [-0.2, -0.15) is 0 Å². The summed E-state index contributed by atoms with van der Waals surface area (Å²) in [6, 6.07) is 6.15. The fraction of sp³-hybridized carbons (Fsp3) is 0.476. The van der Waals surface area contributed by atoms with Crippen LogP contribution in [0.3, 0.4) is 0 Å². The van der Waals surface area contributed by atoms with E-state index in [1.807, 2.05) is 13.0 Å². The molecule has 5 nitrogen and oxygen atoms in total. The van der Waals surface area contributed by atoms with Crippen LogP contribution in [0.5, 0.6) is 5.75 Å². The number of fused-ring (bicyclic) bond motifs is 1. The zero-order valence-corrected chi connectivity index (χ0v) is 15.7. The first-order chi connectivity index (χ1) is 12.7. The van der Waals surface area contributed by atoms with E-state index in [9.17, 15) is 4.79 Å². The van der Waals surface area contributed by atoms with Crippen molar-refractivity contribution in [1.82, 2.24) is 9.88 Å². The number of rotatable bonds is 8. The summed E-state index contributed by atoms with van der Waals surface area (Å²) in [6.07, 6.45) is 7.93. The Morgan fingerprint density at radius 2 is 2.19 bits per heavy atom. The van der Waals surface area contributed by atoms with Gasteiger partial charge in [0.1, 0.15) is 5.75 Å². The lowest BCUT2D eigenvalue weighted by Crippen LogP contribution is -2.29. The second-order valence-corrected chi connectivity index (χ2v) is 6.66. The summed E-state index contributed by atoms with van der Waals surface area (Å²) < 4.78 is 10.3. The first kappa shape index (κ1) is 18.5. The molecule has 0 spiro atoms. The van der Waals surface area contributed by atoms with Gasteiger partial charge < -0.3 is 14.5 Å². The molecule has 0 fully saturated rings. The molecule has 0 radical (unpaired) electrons. The Labute approximate surface area is 155 Å². The Morgan fingerprint density at radius 1 is 1.31 bits per heavy atom. The maximum Gasteiger partial charge on any atom is 0.305 e. The molecule has 1 aromatic carbocycles. The lowest BCUT2D eigenvalue weighted by Gasteiger charge is -2.26. The summed E-state index contributed by atoms with van der Waals surface area (Å²) in [7, 11) is 1.70. The highest BCUT2D eigenvalue weighted by Crippen LogP contribution is 2.31. The van der Waals surface area contributed by atoms with Gasteiger partial charge in [-0.3, -0.25) is 9.69 Å². The molecule has 1 aromatic heterocycles. The van der Waals surface area contributed by atoms with Crippen molar-refractivity contribution >= 4 is 22.4 Å². The number of aromatic amines is 1. The quantitative estimate of drug-likeness (QED) is 0.574. The molecule has 1 aliphatic heterocycles. The zero-order chi connectivity index (χ0) is 18.4. The van der Waals surface area contributed by atoms with E-state index in [2.05, 4.69) is 34.3 Å². The van der Waals surface area contributed by atoms with E-state index in [-0.39, 0.29) is 5.97 Å². The Bertz CT molecular complexity index is 779. The maximum absolute atomic E-state index is 11.4. The SMILES string of the molecule is CCOC(=O)CCCCN1CC=C(c2c[nH]c3ccc(OC)cc23)CC1. The van der Waals surface area contributed by atoms with E-state index in [0.717, 1.165) is 50.2 Å². The number of H-pyrrole nitrogens is 1. The molecule has 0 bridgehead atoms. The first-order valence-electron chi connectivity index (χ1n) is 9.43. The second-order valence-electron chi connectivity index (χ2n) is 6.66. The van der Waals surface area contributed by atoms with Crippen molar-refractivity contribution in [3.63, 3.8) is 0 Å². The average molecular weight is 356 g/mol. The van der Waals surface area contributed by atoms with Gasteiger partial charge in [-0.25, -0.2) is 0 Å². The predicted molar refractivity (Wildman–Crippen MR) is 104 cm³/mol. The molecule has 0 unspecified atom stereocenters. The molecule has 1 aliphatic rings. The van der Waals surface area contributed by atoms with Crippen LogP contribution in [0, 0.1) is 0 Å². The van der Waals surface area contributed by atoms with Crippen molar-refractivity contribution in [1.29, 1.82) is 0 Å². The van der Waals surface area contributed by atoms with E-state index in [4.69, 9.17) is 9.47 Å². The molecule has 1 N–H and O–H groups in total. The number of carbonyl (C=O) groups excluding carboxylic acids is 1. The number of nitrogens with one attached hydrogen (secondary N) is 1. The Hall–Kier alpha value is -2.27. The fourth-order valence-electron chi connectivity index (χ4n) is 3.49. The standard InChI is InChI=1S/C21H28N2O3/c1-3-26-21(24)6-4-5-11-23-12-9-16(10-13-23)19-15-22-20-8-7-17(25-2)14-18(19)20/h7-9,14-15,22H,3-6,10-13H2,1-2H3. The summed E-state index contributed by atoms with van der Waals surface area (Å²) in [5.74, 6) is 0.807. The summed E-state index contributed by atoms with van der Waals surface area (Å²) in [5, 5.41) is 1.22. The summed E-state index contributed by atoms with van der Waals surface area (Å²) >= 11 is 0.